The van der Waals surface area contributed by atoms with Gasteiger partial charge in [-0.1, -0.05) is 30.3 Å². The molecule has 3 aromatic rings. The minimum absolute atomic E-state index is 0.213. The van der Waals surface area contributed by atoms with Crippen molar-refractivity contribution in [3.63, 3.8) is 0 Å². The van der Waals surface area contributed by atoms with Crippen LogP contribution >= 0.6 is 0 Å². The molecule has 0 saturated heterocycles. The van der Waals surface area contributed by atoms with E-state index in [1.54, 1.807) is 45.0 Å². The second kappa shape index (κ2) is 7.04. The van der Waals surface area contributed by atoms with Crippen molar-refractivity contribution in [1.82, 2.24) is 0 Å². The van der Waals surface area contributed by atoms with Gasteiger partial charge in [0.1, 0.15) is 16.9 Å². The molecule has 1 heterocycles. The molecule has 0 fully saturated rings. The van der Waals surface area contributed by atoms with E-state index in [1.165, 1.54) is 0 Å². The molecule has 0 bridgehead atoms. The Kier molecular flexibility index (Phi) is 4.80. The fraction of sp³-hybridized carbons (Fsp3) is 0.238. The lowest BCUT2D eigenvalue weighted by Crippen LogP contribution is -2.27. The van der Waals surface area contributed by atoms with E-state index in [9.17, 15) is 9.59 Å². The molecule has 0 aliphatic rings. The van der Waals surface area contributed by atoms with Crippen LogP contribution in [0.4, 0.5) is 0 Å². The molecule has 0 saturated carbocycles. The molecule has 5 heteroatoms. The average Bonchev–Trinajstić information content (AvgIpc) is 2.58. The predicted octanol–water partition coefficient (Wildman–Crippen LogP) is 4.18. The van der Waals surface area contributed by atoms with Crippen molar-refractivity contribution >= 4 is 16.9 Å². The monoisotopic (exact) mass is 352 g/mol. The highest BCUT2D eigenvalue weighted by Gasteiger charge is 2.16. The van der Waals surface area contributed by atoms with E-state index in [2.05, 4.69) is 0 Å². The molecule has 0 N–H and O–H groups in total. The van der Waals surface area contributed by atoms with Crippen LogP contribution in [0.3, 0.4) is 0 Å². The van der Waals surface area contributed by atoms with Crippen LogP contribution in [0, 0.1) is 0 Å². The second-order valence-corrected chi connectivity index (χ2v) is 6.89. The largest absolute Gasteiger partial charge is 0.482 e. The Morgan fingerprint density at radius 3 is 2.46 bits per heavy atom. The molecule has 0 aliphatic heterocycles. The molecule has 1 aromatic heterocycles. The van der Waals surface area contributed by atoms with E-state index < -0.39 is 17.2 Å². The van der Waals surface area contributed by atoms with Crippen LogP contribution in [0.15, 0.2) is 63.8 Å². The lowest BCUT2D eigenvalue weighted by molar-refractivity contribution is -0.157. The van der Waals surface area contributed by atoms with Crippen LogP contribution < -0.4 is 10.4 Å². The molecule has 0 radical (unpaired) electrons. The minimum atomic E-state index is -0.565. The number of carbonyl (C=O) groups excluding carboxylic acids is 1. The number of hydrogen-bond acceptors (Lipinski definition) is 5. The van der Waals surface area contributed by atoms with E-state index in [0.29, 0.717) is 16.9 Å². The molecule has 0 atom stereocenters. The van der Waals surface area contributed by atoms with Gasteiger partial charge in [0.15, 0.2) is 6.61 Å². The first kappa shape index (κ1) is 17.7. The van der Waals surface area contributed by atoms with Crippen molar-refractivity contribution in [3.8, 4) is 16.9 Å². The third-order valence-electron chi connectivity index (χ3n) is 3.57. The molecule has 0 spiro atoms. The summed E-state index contributed by atoms with van der Waals surface area (Å²) in [5.74, 6) is -0.0301. The van der Waals surface area contributed by atoms with Gasteiger partial charge in [0.05, 0.1) is 5.56 Å². The number of fused-ring (bicyclic) bond motifs is 1. The second-order valence-electron chi connectivity index (χ2n) is 6.89. The van der Waals surface area contributed by atoms with Crippen molar-refractivity contribution in [3.05, 3.63) is 65.0 Å². The highest BCUT2D eigenvalue weighted by atomic mass is 16.6. The van der Waals surface area contributed by atoms with Gasteiger partial charge in [0.25, 0.3) is 0 Å². The molecule has 0 unspecified atom stereocenters. The molecule has 5 nitrogen and oxygen atoms in total. The van der Waals surface area contributed by atoms with Gasteiger partial charge in [0.2, 0.25) is 0 Å². The Morgan fingerprint density at radius 2 is 1.77 bits per heavy atom. The van der Waals surface area contributed by atoms with E-state index in [-0.39, 0.29) is 6.61 Å². The third-order valence-corrected chi connectivity index (χ3v) is 3.57. The topological polar surface area (TPSA) is 65.7 Å². The van der Waals surface area contributed by atoms with Crippen molar-refractivity contribution in [2.24, 2.45) is 0 Å². The number of carbonyl (C=O) groups is 1. The van der Waals surface area contributed by atoms with Crippen LogP contribution in [-0.2, 0) is 9.53 Å². The van der Waals surface area contributed by atoms with Crippen LogP contribution in [0.2, 0.25) is 0 Å². The first-order chi connectivity index (χ1) is 12.3. The molecule has 3 rings (SSSR count). The maximum absolute atomic E-state index is 12.3. The summed E-state index contributed by atoms with van der Waals surface area (Å²) >= 11 is 0. The molecule has 0 amide bonds. The molecular weight excluding hydrogens is 332 g/mol. The zero-order valence-electron chi connectivity index (χ0n) is 14.9. The summed E-state index contributed by atoms with van der Waals surface area (Å²) in [5, 5.41) is 0.771. The number of benzene rings is 2. The first-order valence-electron chi connectivity index (χ1n) is 8.30. The summed E-state index contributed by atoms with van der Waals surface area (Å²) in [5.41, 5.74) is 0.711. The van der Waals surface area contributed by atoms with E-state index in [1.807, 2.05) is 30.3 Å². The van der Waals surface area contributed by atoms with Gasteiger partial charge in [-0.3, -0.25) is 0 Å². The normalized spacial score (nSPS) is 11.3. The SMILES string of the molecule is CC(C)(C)OC(=O)COc1ccc2cc(-c3ccccc3)c(=O)oc2c1. The fourth-order valence-corrected chi connectivity index (χ4v) is 2.51. The van der Waals surface area contributed by atoms with E-state index >= 15 is 0 Å². The highest BCUT2D eigenvalue weighted by molar-refractivity contribution is 5.82. The lowest BCUT2D eigenvalue weighted by Gasteiger charge is -2.19. The summed E-state index contributed by atoms with van der Waals surface area (Å²) in [6.45, 7) is 5.16. The summed E-state index contributed by atoms with van der Waals surface area (Å²) in [6, 6.07) is 16.2. The van der Waals surface area contributed by atoms with Crippen LogP contribution in [0.5, 0.6) is 5.75 Å². The molecule has 134 valence electrons. The first-order valence-corrected chi connectivity index (χ1v) is 8.30. The van der Waals surface area contributed by atoms with Gasteiger partial charge in [-0.2, -0.15) is 0 Å². The van der Waals surface area contributed by atoms with Gasteiger partial charge < -0.3 is 13.9 Å². The summed E-state index contributed by atoms with van der Waals surface area (Å²) < 4.78 is 16.1. The summed E-state index contributed by atoms with van der Waals surface area (Å²) in [4.78, 5) is 24.0. The number of rotatable bonds is 4. The zero-order valence-corrected chi connectivity index (χ0v) is 14.9. The number of esters is 1. The van der Waals surface area contributed by atoms with E-state index in [0.717, 1.165) is 10.9 Å². The smallest absolute Gasteiger partial charge is 0.344 e. The van der Waals surface area contributed by atoms with Crippen LogP contribution in [0.25, 0.3) is 22.1 Å². The zero-order chi connectivity index (χ0) is 18.7. The van der Waals surface area contributed by atoms with Gasteiger partial charge in [-0.05, 0) is 44.5 Å². The highest BCUT2D eigenvalue weighted by Crippen LogP contribution is 2.24. The molecular formula is C21H20O5. The van der Waals surface area contributed by atoms with E-state index in [4.69, 9.17) is 13.9 Å². The predicted molar refractivity (Wildman–Crippen MR) is 99.3 cm³/mol. The van der Waals surface area contributed by atoms with Crippen molar-refractivity contribution in [1.29, 1.82) is 0 Å². The Balaban J connectivity index is 1.82. The molecule has 26 heavy (non-hydrogen) atoms. The van der Waals surface area contributed by atoms with Crippen LogP contribution in [0.1, 0.15) is 20.8 Å². The van der Waals surface area contributed by atoms with Gasteiger partial charge >= 0.3 is 11.6 Å². The van der Waals surface area contributed by atoms with Gasteiger partial charge in [-0.25, -0.2) is 9.59 Å². The minimum Gasteiger partial charge on any atom is -0.482 e. The summed E-state index contributed by atoms with van der Waals surface area (Å²) in [6.07, 6.45) is 0. The standard InChI is InChI=1S/C21H20O5/c1-21(2,3)26-19(22)13-24-16-10-9-15-11-17(14-7-5-4-6-8-14)20(23)25-18(15)12-16/h4-12H,13H2,1-3H3. The molecule has 2 aromatic carbocycles. The average molecular weight is 352 g/mol. The van der Waals surface area contributed by atoms with Crippen molar-refractivity contribution in [2.75, 3.05) is 6.61 Å². The maximum Gasteiger partial charge on any atom is 0.344 e. The van der Waals surface area contributed by atoms with Gasteiger partial charge in [0, 0.05) is 11.5 Å². The molecule has 0 aliphatic carbocycles. The number of ether oxygens (including phenoxy) is 2. The Bertz CT molecular complexity index is 981. The number of hydrogen-bond donors (Lipinski definition) is 0. The maximum atomic E-state index is 12.3. The van der Waals surface area contributed by atoms with Crippen molar-refractivity contribution < 1.29 is 18.7 Å². The third kappa shape index (κ3) is 4.30. The quantitative estimate of drug-likeness (QED) is 0.520. The summed E-state index contributed by atoms with van der Waals surface area (Å²) in [7, 11) is 0. The fourth-order valence-electron chi connectivity index (χ4n) is 2.51. The van der Waals surface area contributed by atoms with Crippen LogP contribution in [-0.4, -0.2) is 18.2 Å². The Labute approximate surface area is 151 Å². The lowest BCUT2D eigenvalue weighted by atomic mass is 10.1. The Hall–Kier alpha value is -3.08. The van der Waals surface area contributed by atoms with Gasteiger partial charge in [-0.15, -0.1) is 0 Å². The Morgan fingerprint density at radius 1 is 1.04 bits per heavy atom. The van der Waals surface area contributed by atoms with Crippen molar-refractivity contribution in [2.45, 2.75) is 26.4 Å².